The van der Waals surface area contributed by atoms with Crippen molar-refractivity contribution in [3.8, 4) is 0 Å². The molecule has 0 spiro atoms. The van der Waals surface area contributed by atoms with Gasteiger partial charge >= 0.3 is 11.9 Å². The lowest BCUT2D eigenvalue weighted by molar-refractivity contribution is -0.146. The van der Waals surface area contributed by atoms with Gasteiger partial charge in [-0.05, 0) is 11.6 Å². The van der Waals surface area contributed by atoms with E-state index in [1.807, 2.05) is 5.32 Å². The van der Waals surface area contributed by atoms with Gasteiger partial charge in [0.15, 0.2) is 0 Å². The molecule has 0 aromatic rings. The van der Waals surface area contributed by atoms with E-state index in [1.165, 1.54) is 0 Å². The van der Waals surface area contributed by atoms with E-state index in [0.29, 0.717) is 12.3 Å². The van der Waals surface area contributed by atoms with Gasteiger partial charge in [0, 0.05) is 6.42 Å². The first-order valence-electron chi connectivity index (χ1n) is 4.63. The number of carboxylic acids is 2. The normalized spacial score (nSPS) is 13.0. The van der Waals surface area contributed by atoms with Crippen LogP contribution in [0.25, 0.3) is 0 Å². The maximum atomic E-state index is 10.7. The summed E-state index contributed by atoms with van der Waals surface area (Å²) < 4.78 is 0. The van der Waals surface area contributed by atoms with E-state index in [0.717, 1.165) is 6.08 Å². The van der Waals surface area contributed by atoms with E-state index in [4.69, 9.17) is 15.3 Å². The lowest BCUT2D eigenvalue weighted by Gasteiger charge is -2.10. The van der Waals surface area contributed by atoms with E-state index < -0.39 is 23.8 Å². The van der Waals surface area contributed by atoms with Crippen LogP contribution in [0.1, 0.15) is 6.42 Å². The molecule has 18 heavy (non-hydrogen) atoms. The summed E-state index contributed by atoms with van der Waals surface area (Å²) in [7, 11) is 0. The minimum Gasteiger partial charge on any atom is -0.515 e. The van der Waals surface area contributed by atoms with E-state index in [1.54, 1.807) is 0 Å². The number of allylic oxidation sites excluding steroid dienone is 1. The maximum absolute atomic E-state index is 10.7. The number of ketones is 1. The van der Waals surface area contributed by atoms with Crippen molar-refractivity contribution in [2.75, 3.05) is 0 Å². The van der Waals surface area contributed by atoms with Crippen molar-refractivity contribution in [1.82, 2.24) is 5.32 Å². The summed E-state index contributed by atoms with van der Waals surface area (Å²) in [4.78, 5) is 41.7. The highest BCUT2D eigenvalue weighted by Gasteiger charge is 2.17. The highest BCUT2D eigenvalue weighted by molar-refractivity contribution is 6.37. The number of rotatable bonds is 8. The Morgan fingerprint density at radius 3 is 2.17 bits per heavy atom. The molecule has 1 atom stereocenters. The maximum Gasteiger partial charge on any atom is 0.376 e. The average Bonchev–Trinajstić information content (AvgIpc) is 2.32. The Morgan fingerprint density at radius 2 is 1.78 bits per heavy atom. The molecule has 4 N–H and O–H groups in total. The summed E-state index contributed by atoms with van der Waals surface area (Å²) in [5, 5.41) is 27.8. The summed E-state index contributed by atoms with van der Waals surface area (Å²) in [5.41, 5.74) is -0.0219. The number of aliphatic hydroxyl groups excluding tert-OH is 1. The third-order valence-corrected chi connectivity index (χ3v) is 1.83. The molecule has 0 saturated carbocycles. The lowest BCUT2D eigenvalue weighted by atomic mass is 10.1. The molecule has 0 rings (SSSR count). The molecule has 8 heteroatoms. The second-order valence-corrected chi connectivity index (χ2v) is 3.09. The Bertz CT molecular complexity index is 410. The van der Waals surface area contributed by atoms with Crippen LogP contribution in [-0.2, 0) is 19.2 Å². The van der Waals surface area contributed by atoms with E-state index in [9.17, 15) is 19.2 Å². The molecular formula is C10H11NO7. The monoisotopic (exact) mass is 257 g/mol. The molecule has 0 aliphatic heterocycles. The number of carboxylic acid groups (broad SMARTS) is 2. The van der Waals surface area contributed by atoms with Crippen LogP contribution < -0.4 is 5.32 Å². The Labute approximate surface area is 101 Å². The zero-order valence-corrected chi connectivity index (χ0v) is 9.07. The van der Waals surface area contributed by atoms with Crippen molar-refractivity contribution >= 4 is 24.1 Å². The number of amides is 1. The summed E-state index contributed by atoms with van der Waals surface area (Å²) >= 11 is 0. The Kier molecular flexibility index (Phi) is 6.49. The van der Waals surface area contributed by atoms with Crippen LogP contribution >= 0.6 is 0 Å². The Hall–Kier alpha value is -2.64. The van der Waals surface area contributed by atoms with Crippen LogP contribution in [0, 0.1) is 0 Å². The quantitative estimate of drug-likeness (QED) is 0.147. The molecular weight excluding hydrogens is 246 g/mol. The first kappa shape index (κ1) is 15.4. The smallest absolute Gasteiger partial charge is 0.376 e. The van der Waals surface area contributed by atoms with Crippen LogP contribution in [0.5, 0.6) is 0 Å². The molecule has 1 unspecified atom stereocenters. The predicted molar refractivity (Wildman–Crippen MR) is 57.7 cm³/mol. The van der Waals surface area contributed by atoms with Crippen LogP contribution in [0.15, 0.2) is 24.0 Å². The SMILES string of the molecule is O=CNC(CC(/C=C/C(=O)C(=O)O)=C\O)C(=O)O. The molecule has 1 amide bonds. The van der Waals surface area contributed by atoms with Crippen molar-refractivity contribution < 1.29 is 34.5 Å². The second kappa shape index (κ2) is 7.60. The number of aliphatic hydroxyl groups is 1. The molecule has 0 radical (unpaired) electrons. The summed E-state index contributed by atoms with van der Waals surface area (Å²) in [6.45, 7) is 0. The molecule has 8 nitrogen and oxygen atoms in total. The molecule has 0 aromatic carbocycles. The summed E-state index contributed by atoms with van der Waals surface area (Å²) in [6.07, 6.45) is 2.03. The predicted octanol–water partition coefficient (Wildman–Crippen LogP) is -0.772. The average molecular weight is 257 g/mol. The molecule has 0 fully saturated rings. The fourth-order valence-electron chi connectivity index (χ4n) is 0.953. The van der Waals surface area contributed by atoms with Gasteiger partial charge in [-0.1, -0.05) is 6.08 Å². The zero-order chi connectivity index (χ0) is 14.1. The third kappa shape index (κ3) is 5.45. The first-order chi connectivity index (χ1) is 8.42. The number of hydrogen-bond donors (Lipinski definition) is 4. The van der Waals surface area contributed by atoms with Gasteiger partial charge in [-0.25, -0.2) is 9.59 Å². The molecule has 0 bridgehead atoms. The number of carbonyl (C=O) groups is 4. The van der Waals surface area contributed by atoms with E-state index in [-0.39, 0.29) is 18.4 Å². The van der Waals surface area contributed by atoms with Gasteiger partial charge < -0.3 is 20.6 Å². The van der Waals surface area contributed by atoms with Crippen molar-refractivity contribution in [2.45, 2.75) is 12.5 Å². The number of hydrogen-bond acceptors (Lipinski definition) is 5. The molecule has 98 valence electrons. The largest absolute Gasteiger partial charge is 0.515 e. The molecule has 0 saturated heterocycles. The van der Waals surface area contributed by atoms with Gasteiger partial charge in [0.2, 0.25) is 6.41 Å². The van der Waals surface area contributed by atoms with Crippen LogP contribution in [0.2, 0.25) is 0 Å². The van der Waals surface area contributed by atoms with E-state index >= 15 is 0 Å². The number of carbonyl (C=O) groups excluding carboxylic acids is 2. The number of aliphatic carboxylic acids is 2. The standard InChI is InChI=1S/C10H11NO7/c12-4-6(1-2-8(14)10(17)18)3-7(9(15)16)11-5-13/h1-2,4-5,7,12H,3H2,(H,11,13)(H,15,16)(H,17,18)/b2-1+,6-4-. The number of nitrogens with one attached hydrogen (secondary N) is 1. The van der Waals surface area contributed by atoms with Gasteiger partial charge in [-0.15, -0.1) is 0 Å². The van der Waals surface area contributed by atoms with Gasteiger partial charge in [-0.2, -0.15) is 0 Å². The van der Waals surface area contributed by atoms with Crippen molar-refractivity contribution in [3.63, 3.8) is 0 Å². The summed E-state index contributed by atoms with van der Waals surface area (Å²) in [6, 6.07) is -1.29. The molecule has 0 aromatic heterocycles. The molecule has 0 heterocycles. The highest BCUT2D eigenvalue weighted by Crippen LogP contribution is 2.07. The first-order valence-corrected chi connectivity index (χ1v) is 4.63. The van der Waals surface area contributed by atoms with Gasteiger partial charge in [0.1, 0.15) is 6.04 Å². The van der Waals surface area contributed by atoms with E-state index in [2.05, 4.69) is 0 Å². The van der Waals surface area contributed by atoms with Crippen LogP contribution in [-0.4, -0.2) is 45.5 Å². The highest BCUT2D eigenvalue weighted by atomic mass is 16.4. The van der Waals surface area contributed by atoms with Crippen molar-refractivity contribution in [3.05, 3.63) is 24.0 Å². The zero-order valence-electron chi connectivity index (χ0n) is 9.07. The molecule has 0 aliphatic carbocycles. The lowest BCUT2D eigenvalue weighted by Crippen LogP contribution is -2.35. The van der Waals surface area contributed by atoms with Crippen LogP contribution in [0.3, 0.4) is 0 Å². The second-order valence-electron chi connectivity index (χ2n) is 3.09. The fourth-order valence-corrected chi connectivity index (χ4v) is 0.953. The van der Waals surface area contributed by atoms with Gasteiger partial charge in [0.25, 0.3) is 5.78 Å². The van der Waals surface area contributed by atoms with Crippen molar-refractivity contribution in [2.24, 2.45) is 0 Å². The fraction of sp³-hybridized carbons (Fsp3) is 0.200. The summed E-state index contributed by atoms with van der Waals surface area (Å²) in [5.74, 6) is -4.23. The Balaban J connectivity index is 4.70. The topological polar surface area (TPSA) is 141 Å². The minimum absolute atomic E-state index is 0.0219. The van der Waals surface area contributed by atoms with Gasteiger partial charge in [0.05, 0.1) is 6.26 Å². The van der Waals surface area contributed by atoms with Crippen LogP contribution in [0.4, 0.5) is 0 Å². The third-order valence-electron chi connectivity index (χ3n) is 1.83. The Morgan fingerprint density at radius 1 is 1.17 bits per heavy atom. The minimum atomic E-state index is -1.68. The van der Waals surface area contributed by atoms with Gasteiger partial charge in [-0.3, -0.25) is 9.59 Å². The van der Waals surface area contributed by atoms with Crippen molar-refractivity contribution in [1.29, 1.82) is 0 Å². The molecule has 0 aliphatic rings.